The van der Waals surface area contributed by atoms with Gasteiger partial charge in [0.25, 0.3) is 0 Å². The Morgan fingerprint density at radius 2 is 1.66 bits per heavy atom. The number of hydrogen-bond acceptors (Lipinski definition) is 6. The summed E-state index contributed by atoms with van der Waals surface area (Å²) in [4.78, 5) is 6.76. The van der Waals surface area contributed by atoms with E-state index in [1.165, 1.54) is 5.56 Å². The molecule has 1 aliphatic heterocycles. The summed E-state index contributed by atoms with van der Waals surface area (Å²) in [6.07, 6.45) is -0.399. The van der Waals surface area contributed by atoms with Crippen molar-refractivity contribution >= 4 is 15.7 Å². The first-order valence-corrected chi connectivity index (χ1v) is 11.4. The number of β-amino-alcohol motifs (C(OH)–C–C–N with tert-alkyl or cyclic N) is 1. The molecular formula is C21H30N4O3S. The summed E-state index contributed by atoms with van der Waals surface area (Å²) in [5.74, 6) is 0. The molecule has 0 spiro atoms. The summed E-state index contributed by atoms with van der Waals surface area (Å²) in [5.41, 5.74) is 2.23. The van der Waals surface area contributed by atoms with Crippen molar-refractivity contribution in [1.29, 1.82) is 0 Å². The third-order valence-electron chi connectivity index (χ3n) is 5.19. The van der Waals surface area contributed by atoms with E-state index in [0.29, 0.717) is 13.1 Å². The molecule has 1 unspecified atom stereocenters. The zero-order valence-corrected chi connectivity index (χ0v) is 17.6. The molecule has 3 rings (SSSR count). The standard InChI is InChI=1S/C21H30N4O3S/c1-23(15-18-5-3-2-4-6-18)16-20(26)17-24-11-13-25(14-12-24)19-7-9-21(10-8-19)29(22,27)28/h2-10,20,26H,11-17H2,1H3,(H2,22,27,28). The summed E-state index contributed by atoms with van der Waals surface area (Å²) < 4.78 is 22.8. The highest BCUT2D eigenvalue weighted by Crippen LogP contribution is 2.19. The van der Waals surface area contributed by atoms with Crippen LogP contribution in [0, 0.1) is 0 Å². The van der Waals surface area contributed by atoms with E-state index in [4.69, 9.17) is 5.14 Å². The Balaban J connectivity index is 1.43. The number of aliphatic hydroxyl groups excluding tert-OH is 1. The molecule has 8 heteroatoms. The Hall–Kier alpha value is -1.97. The molecule has 0 amide bonds. The highest BCUT2D eigenvalue weighted by molar-refractivity contribution is 7.89. The Morgan fingerprint density at radius 1 is 1.03 bits per heavy atom. The zero-order valence-electron chi connectivity index (χ0n) is 16.8. The van der Waals surface area contributed by atoms with Crippen molar-refractivity contribution in [3.8, 4) is 0 Å². The van der Waals surface area contributed by atoms with Crippen LogP contribution in [0.25, 0.3) is 0 Å². The molecule has 0 aliphatic carbocycles. The fraction of sp³-hybridized carbons (Fsp3) is 0.429. The number of sulfonamides is 1. The van der Waals surface area contributed by atoms with Crippen LogP contribution in [0.1, 0.15) is 5.56 Å². The first-order valence-electron chi connectivity index (χ1n) is 9.82. The Kier molecular flexibility index (Phi) is 7.26. The second kappa shape index (κ2) is 9.69. The average molecular weight is 419 g/mol. The number of likely N-dealkylation sites (N-methyl/N-ethyl adjacent to an activating group) is 1. The smallest absolute Gasteiger partial charge is 0.238 e. The van der Waals surface area contributed by atoms with Crippen molar-refractivity contribution in [3.63, 3.8) is 0 Å². The van der Waals surface area contributed by atoms with E-state index in [9.17, 15) is 13.5 Å². The second-order valence-electron chi connectivity index (χ2n) is 7.66. The molecule has 2 aromatic carbocycles. The lowest BCUT2D eigenvalue weighted by Crippen LogP contribution is -2.49. The van der Waals surface area contributed by atoms with Crippen molar-refractivity contribution in [3.05, 3.63) is 60.2 Å². The van der Waals surface area contributed by atoms with Crippen LogP contribution in [0.15, 0.2) is 59.5 Å². The molecule has 0 bridgehead atoms. The molecule has 2 aromatic rings. The van der Waals surface area contributed by atoms with Gasteiger partial charge in [0.2, 0.25) is 10.0 Å². The summed E-state index contributed by atoms with van der Waals surface area (Å²) in [6, 6.07) is 16.9. The summed E-state index contributed by atoms with van der Waals surface area (Å²) in [6.45, 7) is 5.48. The molecule has 1 atom stereocenters. The molecular weight excluding hydrogens is 388 g/mol. The van der Waals surface area contributed by atoms with Crippen LogP contribution in [0.5, 0.6) is 0 Å². The lowest BCUT2D eigenvalue weighted by atomic mass is 10.2. The van der Waals surface area contributed by atoms with Crippen LogP contribution in [0.4, 0.5) is 5.69 Å². The van der Waals surface area contributed by atoms with Crippen molar-refractivity contribution in [2.24, 2.45) is 5.14 Å². The van der Waals surface area contributed by atoms with Gasteiger partial charge in [-0.05, 0) is 36.9 Å². The molecule has 29 heavy (non-hydrogen) atoms. The molecule has 1 saturated heterocycles. The van der Waals surface area contributed by atoms with Gasteiger partial charge in [-0.2, -0.15) is 0 Å². The van der Waals surface area contributed by atoms with Crippen LogP contribution in [-0.2, 0) is 16.6 Å². The van der Waals surface area contributed by atoms with Crippen LogP contribution >= 0.6 is 0 Å². The molecule has 3 N–H and O–H groups in total. The topological polar surface area (TPSA) is 90.1 Å². The maximum absolute atomic E-state index is 11.4. The summed E-state index contributed by atoms with van der Waals surface area (Å²) in [7, 11) is -1.63. The molecule has 0 radical (unpaired) electrons. The third-order valence-corrected chi connectivity index (χ3v) is 6.12. The minimum atomic E-state index is -3.66. The number of nitrogens with zero attached hydrogens (tertiary/aromatic N) is 3. The fourth-order valence-electron chi connectivity index (χ4n) is 3.71. The van der Waals surface area contributed by atoms with Crippen LogP contribution in [0.2, 0.25) is 0 Å². The molecule has 1 heterocycles. The maximum Gasteiger partial charge on any atom is 0.238 e. The van der Waals surface area contributed by atoms with Gasteiger partial charge in [0.1, 0.15) is 0 Å². The summed E-state index contributed by atoms with van der Waals surface area (Å²) in [5, 5.41) is 15.6. The number of piperazine rings is 1. The fourth-order valence-corrected chi connectivity index (χ4v) is 4.23. The van der Waals surface area contributed by atoms with E-state index in [0.717, 1.165) is 38.4 Å². The number of anilines is 1. The minimum Gasteiger partial charge on any atom is -0.390 e. The third kappa shape index (κ3) is 6.52. The Morgan fingerprint density at radius 3 is 2.24 bits per heavy atom. The lowest BCUT2D eigenvalue weighted by Gasteiger charge is -2.37. The van der Waals surface area contributed by atoms with E-state index in [1.54, 1.807) is 24.3 Å². The first-order chi connectivity index (χ1) is 13.8. The van der Waals surface area contributed by atoms with Crippen LogP contribution < -0.4 is 10.0 Å². The van der Waals surface area contributed by atoms with E-state index in [2.05, 4.69) is 26.8 Å². The van der Waals surface area contributed by atoms with Gasteiger partial charge in [-0.1, -0.05) is 30.3 Å². The Bertz CT molecular complexity index is 867. The van der Waals surface area contributed by atoms with Crippen LogP contribution in [0.3, 0.4) is 0 Å². The average Bonchev–Trinajstić information content (AvgIpc) is 2.68. The summed E-state index contributed by atoms with van der Waals surface area (Å²) >= 11 is 0. The monoisotopic (exact) mass is 418 g/mol. The molecule has 7 nitrogen and oxygen atoms in total. The predicted octanol–water partition coefficient (Wildman–Crippen LogP) is 0.949. The largest absolute Gasteiger partial charge is 0.390 e. The molecule has 0 saturated carbocycles. The first kappa shape index (κ1) is 21.7. The van der Waals surface area contributed by atoms with Gasteiger partial charge in [0, 0.05) is 51.5 Å². The normalized spacial score (nSPS) is 16.9. The number of hydrogen-bond donors (Lipinski definition) is 2. The van der Waals surface area contributed by atoms with Gasteiger partial charge >= 0.3 is 0 Å². The van der Waals surface area contributed by atoms with Gasteiger partial charge in [0.15, 0.2) is 0 Å². The molecule has 0 aromatic heterocycles. The SMILES string of the molecule is CN(Cc1ccccc1)CC(O)CN1CCN(c2ccc(S(N)(=O)=O)cc2)CC1. The minimum absolute atomic E-state index is 0.127. The number of primary sulfonamides is 1. The van der Waals surface area contributed by atoms with E-state index < -0.39 is 16.1 Å². The van der Waals surface area contributed by atoms with Crippen molar-refractivity contribution in [2.45, 2.75) is 17.5 Å². The number of benzene rings is 2. The molecule has 158 valence electrons. The molecule has 1 fully saturated rings. The van der Waals surface area contributed by atoms with Crippen molar-refractivity contribution < 1.29 is 13.5 Å². The zero-order chi connectivity index (χ0) is 20.9. The van der Waals surface area contributed by atoms with E-state index >= 15 is 0 Å². The lowest BCUT2D eigenvalue weighted by molar-refractivity contribution is 0.0777. The second-order valence-corrected chi connectivity index (χ2v) is 9.22. The number of nitrogens with two attached hydrogens (primary N) is 1. The maximum atomic E-state index is 11.4. The quantitative estimate of drug-likeness (QED) is 0.663. The number of aliphatic hydroxyl groups is 1. The van der Waals surface area contributed by atoms with Gasteiger partial charge in [-0.3, -0.25) is 9.80 Å². The van der Waals surface area contributed by atoms with Gasteiger partial charge in [0.05, 0.1) is 11.0 Å². The van der Waals surface area contributed by atoms with E-state index in [-0.39, 0.29) is 4.90 Å². The highest BCUT2D eigenvalue weighted by Gasteiger charge is 2.20. The highest BCUT2D eigenvalue weighted by atomic mass is 32.2. The van der Waals surface area contributed by atoms with Crippen LogP contribution in [-0.4, -0.2) is 75.7 Å². The molecule has 1 aliphatic rings. The van der Waals surface area contributed by atoms with Gasteiger partial charge in [-0.25, -0.2) is 13.6 Å². The predicted molar refractivity (Wildman–Crippen MR) is 115 cm³/mol. The van der Waals surface area contributed by atoms with Crippen molar-refractivity contribution in [1.82, 2.24) is 9.80 Å². The van der Waals surface area contributed by atoms with Gasteiger partial charge in [-0.15, -0.1) is 0 Å². The van der Waals surface area contributed by atoms with Crippen molar-refractivity contribution in [2.75, 3.05) is 51.2 Å². The van der Waals surface area contributed by atoms with Gasteiger partial charge < -0.3 is 10.0 Å². The number of rotatable bonds is 8. The van der Waals surface area contributed by atoms with E-state index in [1.807, 2.05) is 25.2 Å². The Labute approximate surface area is 173 Å².